The summed E-state index contributed by atoms with van der Waals surface area (Å²) in [5.41, 5.74) is 1.75. The van der Waals surface area contributed by atoms with Crippen LogP contribution in [0.1, 0.15) is 5.56 Å². The predicted molar refractivity (Wildman–Crippen MR) is 74.4 cm³/mol. The highest BCUT2D eigenvalue weighted by atomic mass is 79.9. The average molecular weight is 310 g/mol. The maximum absolute atomic E-state index is 13.1. The van der Waals surface area contributed by atoms with Crippen molar-refractivity contribution in [1.29, 1.82) is 0 Å². The Morgan fingerprint density at radius 2 is 2.00 bits per heavy atom. The molecule has 0 aromatic heterocycles. The Kier molecular flexibility index (Phi) is 4.20. The van der Waals surface area contributed by atoms with E-state index in [1.54, 1.807) is 13.2 Å². The first kappa shape index (κ1) is 12.9. The monoisotopic (exact) mass is 309 g/mol. The van der Waals surface area contributed by atoms with E-state index < -0.39 is 0 Å². The predicted octanol–water partition coefficient (Wildman–Crippen LogP) is 4.21. The largest absolute Gasteiger partial charge is 0.495 e. The van der Waals surface area contributed by atoms with Crippen LogP contribution in [0.15, 0.2) is 46.9 Å². The van der Waals surface area contributed by atoms with Crippen molar-refractivity contribution in [2.45, 2.75) is 6.54 Å². The zero-order valence-electron chi connectivity index (χ0n) is 9.91. The van der Waals surface area contributed by atoms with Crippen molar-refractivity contribution in [3.05, 3.63) is 58.3 Å². The van der Waals surface area contributed by atoms with Crippen LogP contribution in [0.3, 0.4) is 0 Å². The molecule has 2 aromatic rings. The molecule has 0 saturated heterocycles. The van der Waals surface area contributed by atoms with Gasteiger partial charge in [0.15, 0.2) is 0 Å². The summed E-state index contributed by atoms with van der Waals surface area (Å²) in [5.74, 6) is 0.528. The summed E-state index contributed by atoms with van der Waals surface area (Å²) >= 11 is 3.40. The molecule has 1 N–H and O–H groups in total. The minimum absolute atomic E-state index is 0.241. The SMILES string of the molecule is COc1ccccc1NCc1cc(F)ccc1Br. The molecule has 0 aliphatic heterocycles. The molecule has 0 radical (unpaired) electrons. The molecule has 0 heterocycles. The van der Waals surface area contributed by atoms with E-state index in [2.05, 4.69) is 21.2 Å². The summed E-state index contributed by atoms with van der Waals surface area (Å²) in [5, 5.41) is 3.23. The fourth-order valence-corrected chi connectivity index (χ4v) is 2.05. The van der Waals surface area contributed by atoms with E-state index in [0.717, 1.165) is 21.5 Å². The number of benzene rings is 2. The zero-order valence-corrected chi connectivity index (χ0v) is 11.5. The van der Waals surface area contributed by atoms with Gasteiger partial charge in [-0.15, -0.1) is 0 Å². The van der Waals surface area contributed by atoms with E-state index in [0.29, 0.717) is 6.54 Å². The molecule has 94 valence electrons. The van der Waals surface area contributed by atoms with Gasteiger partial charge in [-0.2, -0.15) is 0 Å². The molecule has 0 spiro atoms. The molecule has 18 heavy (non-hydrogen) atoms. The number of hydrogen-bond donors (Lipinski definition) is 1. The van der Waals surface area contributed by atoms with Gasteiger partial charge < -0.3 is 10.1 Å². The van der Waals surface area contributed by atoms with E-state index in [1.165, 1.54) is 12.1 Å². The Labute approximate surface area is 114 Å². The van der Waals surface area contributed by atoms with E-state index in [-0.39, 0.29) is 5.82 Å². The molecule has 0 aliphatic rings. The second kappa shape index (κ2) is 5.87. The lowest BCUT2D eigenvalue weighted by Crippen LogP contribution is -2.02. The topological polar surface area (TPSA) is 21.3 Å². The lowest BCUT2D eigenvalue weighted by atomic mass is 10.2. The zero-order chi connectivity index (χ0) is 13.0. The van der Waals surface area contributed by atoms with Crippen molar-refractivity contribution in [3.63, 3.8) is 0 Å². The summed E-state index contributed by atoms with van der Waals surface area (Å²) < 4.78 is 19.3. The maximum atomic E-state index is 13.1. The van der Waals surface area contributed by atoms with E-state index in [1.807, 2.05) is 24.3 Å². The standard InChI is InChI=1S/C14H13BrFNO/c1-18-14-5-3-2-4-13(14)17-9-10-8-11(16)6-7-12(10)15/h2-8,17H,9H2,1H3. The van der Waals surface area contributed by atoms with Crippen LogP contribution in [0.25, 0.3) is 0 Å². The number of halogens is 2. The fourth-order valence-electron chi connectivity index (χ4n) is 1.66. The summed E-state index contributed by atoms with van der Waals surface area (Å²) in [6.45, 7) is 0.527. The number of methoxy groups -OCH3 is 1. The molecular formula is C14H13BrFNO. The molecule has 0 unspecified atom stereocenters. The second-order valence-electron chi connectivity index (χ2n) is 3.79. The van der Waals surface area contributed by atoms with Gasteiger partial charge in [-0.3, -0.25) is 0 Å². The Balaban J connectivity index is 2.14. The Hall–Kier alpha value is -1.55. The highest BCUT2D eigenvalue weighted by Gasteiger charge is 2.04. The van der Waals surface area contributed by atoms with Crippen molar-refractivity contribution in [3.8, 4) is 5.75 Å². The maximum Gasteiger partial charge on any atom is 0.141 e. The van der Waals surface area contributed by atoms with Gasteiger partial charge in [-0.25, -0.2) is 4.39 Å². The van der Waals surface area contributed by atoms with Crippen molar-refractivity contribution in [2.75, 3.05) is 12.4 Å². The fraction of sp³-hybridized carbons (Fsp3) is 0.143. The van der Waals surface area contributed by atoms with Gasteiger partial charge in [0.05, 0.1) is 12.8 Å². The van der Waals surface area contributed by atoms with Crippen LogP contribution in [0, 0.1) is 5.82 Å². The van der Waals surface area contributed by atoms with Crippen molar-refractivity contribution < 1.29 is 9.13 Å². The summed E-state index contributed by atoms with van der Waals surface area (Å²) in [6, 6.07) is 12.3. The van der Waals surface area contributed by atoms with Gasteiger partial charge in [0.25, 0.3) is 0 Å². The number of nitrogens with one attached hydrogen (secondary N) is 1. The van der Waals surface area contributed by atoms with E-state index >= 15 is 0 Å². The molecule has 2 nitrogen and oxygen atoms in total. The summed E-state index contributed by atoms with van der Waals surface area (Å²) in [4.78, 5) is 0. The highest BCUT2D eigenvalue weighted by Crippen LogP contribution is 2.25. The number of anilines is 1. The quantitative estimate of drug-likeness (QED) is 0.913. The summed E-state index contributed by atoms with van der Waals surface area (Å²) in [7, 11) is 1.62. The van der Waals surface area contributed by atoms with Crippen LogP contribution in [-0.2, 0) is 6.54 Å². The number of para-hydroxylation sites is 2. The molecule has 0 bridgehead atoms. The Bertz CT molecular complexity index is 545. The first-order valence-electron chi connectivity index (χ1n) is 5.51. The van der Waals surface area contributed by atoms with Crippen LogP contribution in [0.5, 0.6) is 5.75 Å². The molecule has 2 aromatic carbocycles. The molecular weight excluding hydrogens is 297 g/mol. The average Bonchev–Trinajstić information content (AvgIpc) is 2.40. The third kappa shape index (κ3) is 3.01. The molecule has 0 fully saturated rings. The van der Waals surface area contributed by atoms with Crippen molar-refractivity contribution in [1.82, 2.24) is 0 Å². The van der Waals surface area contributed by atoms with Crippen LogP contribution >= 0.6 is 15.9 Å². The third-order valence-electron chi connectivity index (χ3n) is 2.58. The number of rotatable bonds is 4. The van der Waals surface area contributed by atoms with Crippen LogP contribution in [-0.4, -0.2) is 7.11 Å². The molecule has 0 aliphatic carbocycles. The lowest BCUT2D eigenvalue weighted by Gasteiger charge is -2.11. The first-order valence-corrected chi connectivity index (χ1v) is 6.31. The third-order valence-corrected chi connectivity index (χ3v) is 3.36. The molecule has 0 saturated carbocycles. The highest BCUT2D eigenvalue weighted by molar-refractivity contribution is 9.10. The van der Waals surface area contributed by atoms with Crippen LogP contribution in [0.4, 0.5) is 10.1 Å². The molecule has 0 atom stereocenters. The van der Waals surface area contributed by atoms with Gasteiger partial charge in [0.1, 0.15) is 11.6 Å². The van der Waals surface area contributed by atoms with Crippen molar-refractivity contribution in [2.24, 2.45) is 0 Å². The van der Waals surface area contributed by atoms with Gasteiger partial charge in [-0.1, -0.05) is 28.1 Å². The van der Waals surface area contributed by atoms with Gasteiger partial charge in [0, 0.05) is 11.0 Å². The Morgan fingerprint density at radius 1 is 1.22 bits per heavy atom. The second-order valence-corrected chi connectivity index (χ2v) is 4.64. The number of hydrogen-bond acceptors (Lipinski definition) is 2. The molecule has 4 heteroatoms. The molecule has 0 amide bonds. The van der Waals surface area contributed by atoms with Gasteiger partial charge >= 0.3 is 0 Å². The van der Waals surface area contributed by atoms with Crippen LogP contribution in [0.2, 0.25) is 0 Å². The normalized spacial score (nSPS) is 10.2. The Morgan fingerprint density at radius 3 is 2.78 bits per heavy atom. The van der Waals surface area contributed by atoms with Gasteiger partial charge in [0.2, 0.25) is 0 Å². The van der Waals surface area contributed by atoms with Crippen molar-refractivity contribution >= 4 is 21.6 Å². The smallest absolute Gasteiger partial charge is 0.141 e. The number of ether oxygens (including phenoxy) is 1. The molecule has 2 rings (SSSR count). The van der Waals surface area contributed by atoms with E-state index in [9.17, 15) is 4.39 Å². The first-order chi connectivity index (χ1) is 8.70. The summed E-state index contributed by atoms with van der Waals surface area (Å²) in [6.07, 6.45) is 0. The minimum Gasteiger partial charge on any atom is -0.495 e. The minimum atomic E-state index is -0.241. The van der Waals surface area contributed by atoms with Crippen LogP contribution < -0.4 is 10.1 Å². The van der Waals surface area contributed by atoms with Gasteiger partial charge in [-0.05, 0) is 35.9 Å². The lowest BCUT2D eigenvalue weighted by molar-refractivity contribution is 0.416. The van der Waals surface area contributed by atoms with E-state index in [4.69, 9.17) is 4.74 Å².